The van der Waals surface area contributed by atoms with Gasteiger partial charge in [0, 0.05) is 0 Å². The van der Waals surface area contributed by atoms with Gasteiger partial charge in [0.2, 0.25) is 0 Å². The first-order valence-electron chi connectivity index (χ1n) is 2.83. The topological polar surface area (TPSA) is 66.8 Å². The lowest BCUT2D eigenvalue weighted by Gasteiger charge is -2.06. The SMILES string of the molecule is O=C(O)CN1CCOC1=O. The largest absolute Gasteiger partial charge is 0.480 e. The van der Waals surface area contributed by atoms with E-state index in [1.807, 2.05) is 0 Å². The quantitative estimate of drug-likeness (QED) is 0.570. The molecule has 0 atom stereocenters. The van der Waals surface area contributed by atoms with Crippen LogP contribution in [0.1, 0.15) is 0 Å². The van der Waals surface area contributed by atoms with Crippen molar-refractivity contribution in [2.45, 2.75) is 0 Å². The molecular formula is C5H7NO4. The molecule has 10 heavy (non-hydrogen) atoms. The number of cyclic esters (lactones) is 1. The summed E-state index contributed by atoms with van der Waals surface area (Å²) in [6.45, 7) is 0.413. The average molecular weight is 145 g/mol. The highest BCUT2D eigenvalue weighted by atomic mass is 16.6. The molecule has 1 aliphatic heterocycles. The van der Waals surface area contributed by atoms with Crippen molar-refractivity contribution in [3.8, 4) is 0 Å². The molecule has 0 saturated carbocycles. The summed E-state index contributed by atoms with van der Waals surface area (Å²) in [5.41, 5.74) is 0. The summed E-state index contributed by atoms with van der Waals surface area (Å²) in [4.78, 5) is 21.7. The van der Waals surface area contributed by atoms with Crippen LogP contribution in [-0.4, -0.2) is 41.8 Å². The Morgan fingerprint density at radius 1 is 1.80 bits per heavy atom. The van der Waals surface area contributed by atoms with Crippen LogP contribution in [0, 0.1) is 0 Å². The smallest absolute Gasteiger partial charge is 0.410 e. The monoisotopic (exact) mass is 145 g/mol. The molecule has 5 heteroatoms. The minimum absolute atomic E-state index is 0.265. The van der Waals surface area contributed by atoms with Gasteiger partial charge in [0.05, 0.1) is 6.54 Å². The van der Waals surface area contributed by atoms with Crippen molar-refractivity contribution in [3.63, 3.8) is 0 Å². The van der Waals surface area contributed by atoms with E-state index in [0.29, 0.717) is 13.2 Å². The van der Waals surface area contributed by atoms with E-state index in [9.17, 15) is 9.59 Å². The Morgan fingerprint density at radius 3 is 2.90 bits per heavy atom. The van der Waals surface area contributed by atoms with Gasteiger partial charge in [-0.3, -0.25) is 9.69 Å². The third-order valence-electron chi connectivity index (χ3n) is 1.17. The van der Waals surface area contributed by atoms with E-state index in [2.05, 4.69) is 4.74 Å². The third-order valence-corrected chi connectivity index (χ3v) is 1.17. The van der Waals surface area contributed by atoms with Gasteiger partial charge in [0.1, 0.15) is 13.2 Å². The Hall–Kier alpha value is -1.26. The number of hydrogen-bond donors (Lipinski definition) is 1. The van der Waals surface area contributed by atoms with Crippen molar-refractivity contribution >= 4 is 12.1 Å². The number of carboxylic acids is 1. The van der Waals surface area contributed by atoms with Gasteiger partial charge in [0.25, 0.3) is 0 Å². The molecule has 1 saturated heterocycles. The molecule has 1 fully saturated rings. The Labute approximate surface area is 57.2 Å². The zero-order chi connectivity index (χ0) is 7.56. The van der Waals surface area contributed by atoms with E-state index in [0.717, 1.165) is 4.90 Å². The standard InChI is InChI=1S/C5H7NO4/c7-4(8)3-6-1-2-10-5(6)9/h1-3H2,(H,7,8). The molecular weight excluding hydrogens is 138 g/mol. The molecule has 1 rings (SSSR count). The van der Waals surface area contributed by atoms with Gasteiger partial charge < -0.3 is 9.84 Å². The molecule has 1 amide bonds. The number of ether oxygens (including phenoxy) is 1. The summed E-state index contributed by atoms with van der Waals surface area (Å²) < 4.78 is 4.49. The van der Waals surface area contributed by atoms with E-state index in [4.69, 9.17) is 5.11 Å². The van der Waals surface area contributed by atoms with Crippen molar-refractivity contribution < 1.29 is 19.4 Å². The van der Waals surface area contributed by atoms with Crippen LogP contribution >= 0.6 is 0 Å². The number of nitrogens with zero attached hydrogens (tertiary/aromatic N) is 1. The summed E-state index contributed by atoms with van der Waals surface area (Å²) in [6.07, 6.45) is -0.539. The zero-order valence-corrected chi connectivity index (χ0v) is 5.24. The second-order valence-electron chi connectivity index (χ2n) is 1.93. The third kappa shape index (κ3) is 1.37. The lowest BCUT2D eigenvalue weighted by molar-refractivity contribution is -0.137. The first kappa shape index (κ1) is 6.85. The van der Waals surface area contributed by atoms with E-state index < -0.39 is 12.1 Å². The van der Waals surface area contributed by atoms with Crippen LogP contribution in [0.15, 0.2) is 0 Å². The average Bonchev–Trinajstić information content (AvgIpc) is 2.15. The lowest BCUT2D eigenvalue weighted by atomic mass is 10.5. The number of carbonyl (C=O) groups excluding carboxylic acids is 1. The zero-order valence-electron chi connectivity index (χ0n) is 5.24. The molecule has 5 nitrogen and oxygen atoms in total. The fourth-order valence-corrected chi connectivity index (χ4v) is 0.733. The molecule has 1 heterocycles. The molecule has 1 aliphatic rings. The Balaban J connectivity index is 2.40. The van der Waals surface area contributed by atoms with E-state index in [1.165, 1.54) is 0 Å². The Bertz CT molecular complexity index is 167. The van der Waals surface area contributed by atoms with Crippen LogP contribution < -0.4 is 0 Å². The fraction of sp³-hybridized carbons (Fsp3) is 0.600. The molecule has 0 aliphatic carbocycles. The van der Waals surface area contributed by atoms with E-state index in [-0.39, 0.29) is 6.54 Å². The molecule has 1 N–H and O–H groups in total. The van der Waals surface area contributed by atoms with Crippen LogP contribution in [-0.2, 0) is 9.53 Å². The fourth-order valence-electron chi connectivity index (χ4n) is 0.733. The number of carboxylic acid groups (broad SMARTS) is 1. The van der Waals surface area contributed by atoms with Crippen molar-refractivity contribution in [2.75, 3.05) is 19.7 Å². The molecule has 0 unspecified atom stereocenters. The first-order valence-corrected chi connectivity index (χ1v) is 2.83. The van der Waals surface area contributed by atoms with Crippen LogP contribution in [0.2, 0.25) is 0 Å². The van der Waals surface area contributed by atoms with Crippen LogP contribution in [0.25, 0.3) is 0 Å². The highest BCUT2D eigenvalue weighted by Crippen LogP contribution is 2.01. The lowest BCUT2D eigenvalue weighted by Crippen LogP contribution is -2.30. The van der Waals surface area contributed by atoms with Gasteiger partial charge >= 0.3 is 12.1 Å². The minimum atomic E-state index is -1.01. The maximum atomic E-state index is 10.6. The second kappa shape index (κ2) is 2.55. The van der Waals surface area contributed by atoms with Gasteiger partial charge in [-0.1, -0.05) is 0 Å². The molecule has 0 bridgehead atoms. The summed E-state index contributed by atoms with van der Waals surface area (Å²) in [7, 11) is 0. The normalized spacial score (nSPS) is 17.2. The van der Waals surface area contributed by atoms with Crippen LogP contribution in [0.3, 0.4) is 0 Å². The predicted octanol–water partition coefficient (Wildman–Crippen LogP) is -0.477. The van der Waals surface area contributed by atoms with Gasteiger partial charge in [-0.05, 0) is 0 Å². The molecule has 0 radical (unpaired) electrons. The van der Waals surface area contributed by atoms with Gasteiger partial charge in [0.15, 0.2) is 0 Å². The molecule has 0 aromatic heterocycles. The maximum Gasteiger partial charge on any atom is 0.410 e. The molecule has 0 aromatic carbocycles. The van der Waals surface area contributed by atoms with Crippen molar-refractivity contribution in [1.82, 2.24) is 4.90 Å². The predicted molar refractivity (Wildman–Crippen MR) is 30.6 cm³/mol. The van der Waals surface area contributed by atoms with Gasteiger partial charge in [-0.2, -0.15) is 0 Å². The summed E-state index contributed by atoms with van der Waals surface area (Å²) in [5.74, 6) is -1.01. The van der Waals surface area contributed by atoms with E-state index in [1.54, 1.807) is 0 Å². The van der Waals surface area contributed by atoms with Gasteiger partial charge in [-0.25, -0.2) is 4.79 Å². The highest BCUT2D eigenvalue weighted by molar-refractivity contribution is 5.77. The number of aliphatic carboxylic acids is 1. The van der Waals surface area contributed by atoms with Crippen LogP contribution in [0.4, 0.5) is 4.79 Å². The van der Waals surface area contributed by atoms with Crippen molar-refractivity contribution in [2.24, 2.45) is 0 Å². The highest BCUT2D eigenvalue weighted by Gasteiger charge is 2.23. The van der Waals surface area contributed by atoms with Crippen LogP contribution in [0.5, 0.6) is 0 Å². The second-order valence-corrected chi connectivity index (χ2v) is 1.93. The Kier molecular flexibility index (Phi) is 1.75. The summed E-state index contributed by atoms with van der Waals surface area (Å²) in [6, 6.07) is 0. The molecule has 0 aromatic rings. The summed E-state index contributed by atoms with van der Waals surface area (Å²) >= 11 is 0. The van der Waals surface area contributed by atoms with Crippen molar-refractivity contribution in [3.05, 3.63) is 0 Å². The van der Waals surface area contributed by atoms with Gasteiger partial charge in [-0.15, -0.1) is 0 Å². The number of rotatable bonds is 2. The first-order chi connectivity index (χ1) is 4.70. The number of carbonyl (C=O) groups is 2. The van der Waals surface area contributed by atoms with E-state index >= 15 is 0 Å². The summed E-state index contributed by atoms with van der Waals surface area (Å²) in [5, 5.41) is 8.24. The van der Waals surface area contributed by atoms with Crippen molar-refractivity contribution in [1.29, 1.82) is 0 Å². The maximum absolute atomic E-state index is 10.6. The number of amides is 1. The Morgan fingerprint density at radius 2 is 2.50 bits per heavy atom. The molecule has 0 spiro atoms. The molecule has 56 valence electrons. The minimum Gasteiger partial charge on any atom is -0.480 e. The number of hydrogen-bond acceptors (Lipinski definition) is 3.